The van der Waals surface area contributed by atoms with Crippen LogP contribution in [0.3, 0.4) is 0 Å². The molecule has 0 aliphatic carbocycles. The number of aromatic nitrogens is 1. The van der Waals surface area contributed by atoms with Crippen LogP contribution in [0.25, 0.3) is 0 Å². The van der Waals surface area contributed by atoms with Crippen molar-refractivity contribution in [2.45, 2.75) is 26.3 Å². The maximum Gasteiger partial charge on any atom is 0.123 e. The van der Waals surface area contributed by atoms with E-state index in [9.17, 15) is 4.39 Å². The average molecular weight is 293 g/mol. The predicted molar refractivity (Wildman–Crippen MR) is 80.5 cm³/mol. The summed E-state index contributed by atoms with van der Waals surface area (Å²) in [4.78, 5) is 4.53. The zero-order valence-electron chi connectivity index (χ0n) is 11.7. The lowest BCUT2D eigenvalue weighted by atomic mass is 10.0. The van der Waals surface area contributed by atoms with Crippen LogP contribution in [0.4, 0.5) is 4.39 Å². The van der Waals surface area contributed by atoms with Crippen LogP contribution in [0.5, 0.6) is 0 Å². The number of hydrogen-bond acceptors (Lipinski definition) is 2. The minimum absolute atomic E-state index is 0.196. The smallest absolute Gasteiger partial charge is 0.123 e. The van der Waals surface area contributed by atoms with Crippen molar-refractivity contribution in [3.05, 3.63) is 64.2 Å². The Balaban J connectivity index is 2.44. The second-order valence-corrected chi connectivity index (χ2v) is 5.16. The Bertz CT molecular complexity index is 586. The number of aryl methyl sites for hydroxylation is 1. The molecule has 0 bridgehead atoms. The zero-order valence-corrected chi connectivity index (χ0v) is 12.4. The van der Waals surface area contributed by atoms with Gasteiger partial charge in [-0.1, -0.05) is 24.6 Å². The fraction of sp³-hybridized carbons (Fsp3) is 0.312. The monoisotopic (exact) mass is 292 g/mol. The maximum atomic E-state index is 13.5. The molecule has 2 aromatic rings. The second kappa shape index (κ2) is 6.82. The molecular formula is C16H18ClFN2. The van der Waals surface area contributed by atoms with Crippen molar-refractivity contribution in [3.8, 4) is 0 Å². The first-order valence-corrected chi connectivity index (χ1v) is 7.11. The van der Waals surface area contributed by atoms with Crippen molar-refractivity contribution in [3.63, 3.8) is 0 Å². The van der Waals surface area contributed by atoms with Crippen LogP contribution in [-0.4, -0.2) is 11.5 Å². The van der Waals surface area contributed by atoms with E-state index in [2.05, 4.69) is 17.2 Å². The summed E-state index contributed by atoms with van der Waals surface area (Å²) < 4.78 is 13.5. The highest BCUT2D eigenvalue weighted by atomic mass is 35.5. The highest BCUT2D eigenvalue weighted by Crippen LogP contribution is 2.28. The number of rotatable bonds is 5. The Kier molecular flexibility index (Phi) is 5.10. The van der Waals surface area contributed by atoms with E-state index in [1.165, 1.54) is 12.1 Å². The summed E-state index contributed by atoms with van der Waals surface area (Å²) in [6.45, 7) is 4.83. The van der Waals surface area contributed by atoms with Gasteiger partial charge in [-0.15, -0.1) is 0 Å². The van der Waals surface area contributed by atoms with Crippen molar-refractivity contribution in [1.82, 2.24) is 10.3 Å². The van der Waals surface area contributed by atoms with E-state index in [0.717, 1.165) is 29.9 Å². The van der Waals surface area contributed by atoms with Crippen LogP contribution < -0.4 is 5.32 Å². The van der Waals surface area contributed by atoms with Gasteiger partial charge in [0.15, 0.2) is 0 Å². The Morgan fingerprint density at radius 3 is 2.80 bits per heavy atom. The minimum atomic E-state index is -0.291. The zero-order chi connectivity index (χ0) is 14.5. The van der Waals surface area contributed by atoms with Gasteiger partial charge in [0.25, 0.3) is 0 Å². The largest absolute Gasteiger partial charge is 0.305 e. The van der Waals surface area contributed by atoms with Crippen LogP contribution in [0.2, 0.25) is 5.02 Å². The summed E-state index contributed by atoms with van der Waals surface area (Å²) in [5, 5.41) is 3.93. The normalized spacial score (nSPS) is 12.4. The number of pyridine rings is 1. The highest BCUT2D eigenvalue weighted by molar-refractivity contribution is 6.31. The molecule has 2 nitrogen and oxygen atoms in total. The summed E-state index contributed by atoms with van der Waals surface area (Å²) in [6.07, 6.45) is 0.981. The van der Waals surface area contributed by atoms with E-state index in [1.54, 1.807) is 6.07 Å². The van der Waals surface area contributed by atoms with E-state index < -0.39 is 0 Å². The molecule has 1 N–H and O–H groups in total. The molecule has 0 aliphatic heterocycles. The van der Waals surface area contributed by atoms with Gasteiger partial charge in [-0.05, 0) is 55.8 Å². The Labute approximate surface area is 124 Å². The molecule has 0 saturated heterocycles. The topological polar surface area (TPSA) is 24.9 Å². The van der Waals surface area contributed by atoms with Crippen LogP contribution in [0.1, 0.15) is 36.3 Å². The fourth-order valence-electron chi connectivity index (χ4n) is 2.12. The molecule has 1 atom stereocenters. The van der Waals surface area contributed by atoms with Crippen molar-refractivity contribution >= 4 is 11.6 Å². The van der Waals surface area contributed by atoms with Crippen molar-refractivity contribution in [2.75, 3.05) is 6.54 Å². The molecule has 2 rings (SSSR count). The van der Waals surface area contributed by atoms with E-state index >= 15 is 0 Å². The van der Waals surface area contributed by atoms with Gasteiger partial charge in [0, 0.05) is 10.7 Å². The molecule has 1 aromatic carbocycles. The number of nitrogens with one attached hydrogen (secondary N) is 1. The Morgan fingerprint density at radius 1 is 1.30 bits per heavy atom. The van der Waals surface area contributed by atoms with E-state index in [4.69, 9.17) is 11.6 Å². The summed E-state index contributed by atoms with van der Waals surface area (Å²) in [6, 6.07) is 10.0. The molecule has 4 heteroatoms. The van der Waals surface area contributed by atoms with Gasteiger partial charge in [0.2, 0.25) is 0 Å². The van der Waals surface area contributed by atoms with Crippen molar-refractivity contribution < 1.29 is 4.39 Å². The van der Waals surface area contributed by atoms with E-state index in [-0.39, 0.29) is 11.9 Å². The first-order chi connectivity index (χ1) is 9.61. The van der Waals surface area contributed by atoms with Crippen LogP contribution in [-0.2, 0) is 0 Å². The molecule has 0 radical (unpaired) electrons. The quantitative estimate of drug-likeness (QED) is 0.890. The third-order valence-electron chi connectivity index (χ3n) is 3.07. The van der Waals surface area contributed by atoms with E-state index in [0.29, 0.717) is 5.02 Å². The summed E-state index contributed by atoms with van der Waals surface area (Å²) in [5.74, 6) is -0.291. The van der Waals surface area contributed by atoms with Gasteiger partial charge in [-0.25, -0.2) is 4.39 Å². The molecule has 1 unspecified atom stereocenters. The summed E-state index contributed by atoms with van der Waals surface area (Å²) in [5.41, 5.74) is 2.50. The lowest BCUT2D eigenvalue weighted by molar-refractivity contribution is 0.575. The SMILES string of the molecule is CCCNC(c1cccc(C)n1)c1cc(F)ccc1Cl. The fourth-order valence-corrected chi connectivity index (χ4v) is 2.35. The van der Waals surface area contributed by atoms with Gasteiger partial charge in [-0.2, -0.15) is 0 Å². The highest BCUT2D eigenvalue weighted by Gasteiger charge is 2.18. The number of hydrogen-bond donors (Lipinski definition) is 1. The molecule has 0 spiro atoms. The van der Waals surface area contributed by atoms with Gasteiger partial charge in [0.05, 0.1) is 11.7 Å². The van der Waals surface area contributed by atoms with Crippen LogP contribution in [0, 0.1) is 12.7 Å². The number of nitrogens with zero attached hydrogens (tertiary/aromatic N) is 1. The van der Waals surface area contributed by atoms with E-state index in [1.807, 2.05) is 25.1 Å². The Hall–Kier alpha value is -1.45. The standard InChI is InChI=1S/C16H18ClFN2/c1-3-9-19-16(15-6-4-5-11(2)20-15)13-10-12(18)7-8-14(13)17/h4-8,10,16,19H,3,9H2,1-2H3. The van der Waals surface area contributed by atoms with Gasteiger partial charge < -0.3 is 5.32 Å². The molecule has 0 saturated carbocycles. The Morgan fingerprint density at radius 2 is 2.10 bits per heavy atom. The van der Waals surface area contributed by atoms with Crippen LogP contribution in [0.15, 0.2) is 36.4 Å². The molecule has 0 fully saturated rings. The maximum absolute atomic E-state index is 13.5. The molecular weight excluding hydrogens is 275 g/mol. The number of halogens is 2. The molecule has 0 aliphatic rings. The van der Waals surface area contributed by atoms with Gasteiger partial charge >= 0.3 is 0 Å². The van der Waals surface area contributed by atoms with Crippen LogP contribution >= 0.6 is 11.6 Å². The van der Waals surface area contributed by atoms with Crippen molar-refractivity contribution in [2.24, 2.45) is 0 Å². The van der Waals surface area contributed by atoms with Gasteiger partial charge in [0.1, 0.15) is 5.82 Å². The molecule has 1 heterocycles. The third-order valence-corrected chi connectivity index (χ3v) is 3.42. The molecule has 20 heavy (non-hydrogen) atoms. The predicted octanol–water partition coefficient (Wildman–Crippen LogP) is 4.27. The number of benzene rings is 1. The first kappa shape index (κ1) is 14.9. The van der Waals surface area contributed by atoms with Gasteiger partial charge in [-0.3, -0.25) is 4.98 Å². The lowest BCUT2D eigenvalue weighted by Crippen LogP contribution is -2.24. The molecule has 0 amide bonds. The summed E-state index contributed by atoms with van der Waals surface area (Å²) >= 11 is 6.23. The first-order valence-electron chi connectivity index (χ1n) is 6.73. The molecule has 1 aromatic heterocycles. The molecule has 106 valence electrons. The van der Waals surface area contributed by atoms with Crippen molar-refractivity contribution in [1.29, 1.82) is 0 Å². The third kappa shape index (κ3) is 3.56. The summed E-state index contributed by atoms with van der Waals surface area (Å²) in [7, 11) is 0. The lowest BCUT2D eigenvalue weighted by Gasteiger charge is -2.20. The minimum Gasteiger partial charge on any atom is -0.305 e. The second-order valence-electron chi connectivity index (χ2n) is 4.76. The average Bonchev–Trinajstić information content (AvgIpc) is 2.43.